The van der Waals surface area contributed by atoms with Gasteiger partial charge in [0.05, 0.1) is 24.5 Å². The van der Waals surface area contributed by atoms with Crippen LogP contribution in [-0.2, 0) is 11.3 Å². The summed E-state index contributed by atoms with van der Waals surface area (Å²) in [5, 5.41) is 11.2. The van der Waals surface area contributed by atoms with Gasteiger partial charge < -0.3 is 15.2 Å². The molecule has 0 bridgehead atoms. The monoisotopic (exact) mass is 278 g/mol. The molecule has 106 valence electrons. The van der Waals surface area contributed by atoms with Crippen molar-refractivity contribution in [3.8, 4) is 0 Å². The lowest BCUT2D eigenvalue weighted by atomic mass is 10.2. The van der Waals surface area contributed by atoms with Gasteiger partial charge in [-0.15, -0.1) is 0 Å². The van der Waals surface area contributed by atoms with E-state index < -0.39 is 18.7 Å². The van der Waals surface area contributed by atoms with Gasteiger partial charge in [-0.05, 0) is 12.1 Å². The summed E-state index contributed by atoms with van der Waals surface area (Å²) in [5.41, 5.74) is 0.679. The van der Waals surface area contributed by atoms with Crippen molar-refractivity contribution >= 4 is 5.91 Å². The Morgan fingerprint density at radius 1 is 1.42 bits per heavy atom. The minimum Gasteiger partial charge on any atom is -0.390 e. The molecule has 0 aliphatic rings. The van der Waals surface area contributed by atoms with Crippen molar-refractivity contribution < 1.29 is 27.8 Å². The zero-order chi connectivity index (χ0) is 14.3. The fourth-order valence-electron chi connectivity index (χ4n) is 1.18. The maximum absolute atomic E-state index is 11.7. The summed E-state index contributed by atoms with van der Waals surface area (Å²) in [6.45, 7) is -1.83. The fraction of sp³-hybridized carbons (Fsp3) is 0.455. The maximum Gasteiger partial charge on any atom is 0.411 e. The van der Waals surface area contributed by atoms with E-state index in [2.05, 4.69) is 15.0 Å². The largest absolute Gasteiger partial charge is 0.411 e. The number of halogens is 3. The highest BCUT2D eigenvalue weighted by Gasteiger charge is 2.27. The molecule has 8 heteroatoms. The standard InChI is InChI=1S/C11H13F3N2O3/c12-11(13,14)7-19-4-3-15-10(18)8-1-2-9(6-17)16-5-8/h1-2,5,17H,3-4,6-7H2,(H,15,18). The number of carbonyl (C=O) groups is 1. The summed E-state index contributed by atoms with van der Waals surface area (Å²) in [7, 11) is 0. The number of nitrogens with one attached hydrogen (secondary N) is 1. The fourth-order valence-corrected chi connectivity index (χ4v) is 1.18. The van der Waals surface area contributed by atoms with Crippen LogP contribution in [0, 0.1) is 0 Å². The third-order valence-corrected chi connectivity index (χ3v) is 2.05. The average molecular weight is 278 g/mol. The van der Waals surface area contributed by atoms with Crippen molar-refractivity contribution in [3.63, 3.8) is 0 Å². The first-order chi connectivity index (χ1) is 8.92. The molecule has 5 nitrogen and oxygen atoms in total. The second-order valence-electron chi connectivity index (χ2n) is 3.62. The van der Waals surface area contributed by atoms with Gasteiger partial charge in [0.2, 0.25) is 0 Å². The second-order valence-corrected chi connectivity index (χ2v) is 3.62. The number of aliphatic hydroxyl groups excluding tert-OH is 1. The molecule has 0 radical (unpaired) electrons. The molecule has 0 aliphatic carbocycles. The van der Waals surface area contributed by atoms with Crippen LogP contribution in [-0.4, -0.2) is 41.9 Å². The van der Waals surface area contributed by atoms with Gasteiger partial charge in [0, 0.05) is 12.7 Å². The molecule has 2 N–H and O–H groups in total. The number of hydrogen-bond acceptors (Lipinski definition) is 4. The van der Waals surface area contributed by atoms with E-state index in [1.54, 1.807) is 0 Å². The number of rotatable bonds is 6. The number of nitrogens with zero attached hydrogens (tertiary/aromatic N) is 1. The third-order valence-electron chi connectivity index (χ3n) is 2.05. The van der Waals surface area contributed by atoms with Crippen LogP contribution in [0.25, 0.3) is 0 Å². The van der Waals surface area contributed by atoms with Crippen molar-refractivity contribution in [3.05, 3.63) is 29.6 Å². The van der Waals surface area contributed by atoms with E-state index in [0.29, 0.717) is 5.69 Å². The molecule has 0 spiro atoms. The van der Waals surface area contributed by atoms with E-state index in [0.717, 1.165) is 0 Å². The Morgan fingerprint density at radius 3 is 2.68 bits per heavy atom. The molecular weight excluding hydrogens is 265 g/mol. The summed E-state index contributed by atoms with van der Waals surface area (Å²) in [4.78, 5) is 15.3. The molecule has 1 aromatic rings. The first-order valence-corrected chi connectivity index (χ1v) is 5.41. The van der Waals surface area contributed by atoms with Gasteiger partial charge in [0.15, 0.2) is 0 Å². The average Bonchev–Trinajstić information content (AvgIpc) is 2.37. The van der Waals surface area contributed by atoms with Gasteiger partial charge in [-0.25, -0.2) is 0 Å². The molecule has 0 unspecified atom stereocenters. The predicted molar refractivity (Wildman–Crippen MR) is 59.4 cm³/mol. The number of carbonyl (C=O) groups excluding carboxylic acids is 1. The Labute approximate surface area is 107 Å². The highest BCUT2D eigenvalue weighted by molar-refractivity contribution is 5.93. The minimum atomic E-state index is -4.37. The van der Waals surface area contributed by atoms with Crippen molar-refractivity contribution in [1.29, 1.82) is 0 Å². The Morgan fingerprint density at radius 2 is 2.16 bits per heavy atom. The predicted octanol–water partition coefficient (Wildman–Crippen LogP) is 0.883. The van der Waals surface area contributed by atoms with Crippen LogP contribution in [0.5, 0.6) is 0 Å². The van der Waals surface area contributed by atoms with Gasteiger partial charge in [0.25, 0.3) is 5.91 Å². The van der Waals surface area contributed by atoms with Crippen LogP contribution in [0.1, 0.15) is 16.1 Å². The van der Waals surface area contributed by atoms with Gasteiger partial charge in [-0.1, -0.05) is 0 Å². The Balaban J connectivity index is 2.27. The van der Waals surface area contributed by atoms with E-state index >= 15 is 0 Å². The lowest BCUT2D eigenvalue weighted by Gasteiger charge is -2.08. The molecule has 0 saturated heterocycles. The van der Waals surface area contributed by atoms with Crippen LogP contribution in [0.15, 0.2) is 18.3 Å². The number of aliphatic hydroxyl groups is 1. The van der Waals surface area contributed by atoms with Gasteiger partial charge in [-0.2, -0.15) is 13.2 Å². The number of aromatic nitrogens is 1. The first kappa shape index (κ1) is 15.4. The smallest absolute Gasteiger partial charge is 0.390 e. The van der Waals surface area contributed by atoms with Crippen LogP contribution in [0.3, 0.4) is 0 Å². The summed E-state index contributed by atoms with van der Waals surface area (Å²) in [6.07, 6.45) is -3.09. The van der Waals surface area contributed by atoms with Gasteiger partial charge in [-0.3, -0.25) is 9.78 Å². The minimum absolute atomic E-state index is 0.0311. The molecule has 1 heterocycles. The summed E-state index contributed by atoms with van der Waals surface area (Å²) in [5.74, 6) is -0.465. The molecule has 1 rings (SSSR count). The lowest BCUT2D eigenvalue weighted by molar-refractivity contribution is -0.173. The maximum atomic E-state index is 11.7. The topological polar surface area (TPSA) is 71.5 Å². The van der Waals surface area contributed by atoms with Crippen molar-refractivity contribution in [1.82, 2.24) is 10.3 Å². The van der Waals surface area contributed by atoms with E-state index in [-0.39, 0.29) is 25.3 Å². The molecule has 0 aromatic carbocycles. The Bertz CT molecular complexity index is 407. The zero-order valence-electron chi connectivity index (χ0n) is 9.91. The number of alkyl halides is 3. The van der Waals surface area contributed by atoms with Crippen molar-refractivity contribution in [2.45, 2.75) is 12.8 Å². The quantitative estimate of drug-likeness (QED) is 0.758. The molecule has 19 heavy (non-hydrogen) atoms. The molecule has 1 aromatic heterocycles. The molecule has 0 saturated carbocycles. The van der Waals surface area contributed by atoms with Crippen LogP contribution < -0.4 is 5.32 Å². The van der Waals surface area contributed by atoms with E-state index in [9.17, 15) is 18.0 Å². The number of hydrogen-bond donors (Lipinski definition) is 2. The molecule has 0 aliphatic heterocycles. The second kappa shape index (κ2) is 7.05. The van der Waals surface area contributed by atoms with Crippen molar-refractivity contribution in [2.24, 2.45) is 0 Å². The summed E-state index contributed by atoms with van der Waals surface area (Å²) >= 11 is 0. The van der Waals surface area contributed by atoms with Crippen LogP contribution in [0.2, 0.25) is 0 Å². The third kappa shape index (κ3) is 6.16. The zero-order valence-corrected chi connectivity index (χ0v) is 9.91. The van der Waals surface area contributed by atoms with Gasteiger partial charge >= 0.3 is 6.18 Å². The first-order valence-electron chi connectivity index (χ1n) is 5.41. The SMILES string of the molecule is O=C(NCCOCC(F)(F)F)c1ccc(CO)nc1. The molecule has 0 fully saturated rings. The summed E-state index contributed by atoms with van der Waals surface area (Å²) in [6, 6.07) is 2.94. The highest BCUT2D eigenvalue weighted by atomic mass is 19.4. The van der Waals surface area contributed by atoms with E-state index in [4.69, 9.17) is 5.11 Å². The highest BCUT2D eigenvalue weighted by Crippen LogP contribution is 2.13. The van der Waals surface area contributed by atoms with E-state index in [1.807, 2.05) is 0 Å². The molecule has 0 atom stereocenters. The molecule has 1 amide bonds. The number of ether oxygens (including phenoxy) is 1. The Kier molecular flexibility index (Phi) is 5.71. The lowest BCUT2D eigenvalue weighted by Crippen LogP contribution is -2.29. The number of amides is 1. The van der Waals surface area contributed by atoms with E-state index in [1.165, 1.54) is 18.3 Å². The molecular formula is C11H13F3N2O3. The summed E-state index contributed by atoms with van der Waals surface area (Å²) < 4.78 is 39.5. The van der Waals surface area contributed by atoms with Crippen LogP contribution in [0.4, 0.5) is 13.2 Å². The van der Waals surface area contributed by atoms with Gasteiger partial charge in [0.1, 0.15) is 6.61 Å². The normalized spacial score (nSPS) is 11.4. The van der Waals surface area contributed by atoms with Crippen LogP contribution >= 0.6 is 0 Å². The van der Waals surface area contributed by atoms with Crippen molar-refractivity contribution in [2.75, 3.05) is 19.8 Å². The number of pyridine rings is 1. The Hall–Kier alpha value is -1.67.